The maximum absolute atomic E-state index is 10.6. The molecule has 0 aliphatic heterocycles. The van der Waals surface area contributed by atoms with Crippen LogP contribution in [0.3, 0.4) is 0 Å². The van der Waals surface area contributed by atoms with E-state index in [1.165, 1.54) is 19.0 Å². The Labute approximate surface area is 100 Å². The van der Waals surface area contributed by atoms with Crippen LogP contribution in [0.1, 0.15) is 30.3 Å². The second-order valence-electron chi connectivity index (χ2n) is 4.51. The third-order valence-electron chi connectivity index (χ3n) is 3.06. The van der Waals surface area contributed by atoms with Crippen LogP contribution < -0.4 is 0 Å². The van der Waals surface area contributed by atoms with Crippen LogP contribution in [0.2, 0.25) is 0 Å². The van der Waals surface area contributed by atoms with E-state index in [0.29, 0.717) is 6.54 Å². The van der Waals surface area contributed by atoms with Crippen molar-refractivity contribution in [3.8, 4) is 0 Å². The molecule has 0 spiro atoms. The van der Waals surface area contributed by atoms with Crippen molar-refractivity contribution in [3.63, 3.8) is 0 Å². The largest absolute Gasteiger partial charge is 0.476 e. The highest BCUT2D eigenvalue weighted by molar-refractivity contribution is 5.84. The molecule has 0 radical (unpaired) electrons. The Morgan fingerprint density at radius 2 is 2.41 bits per heavy atom. The molecule has 6 nitrogen and oxygen atoms in total. The number of nitrogens with zero attached hydrogens (tertiary/aromatic N) is 4. The third-order valence-corrected chi connectivity index (χ3v) is 3.06. The van der Waals surface area contributed by atoms with Gasteiger partial charge in [-0.3, -0.25) is 4.68 Å². The summed E-state index contributed by atoms with van der Waals surface area (Å²) < 4.78 is 1.60. The smallest absolute Gasteiger partial charge is 0.358 e. The topological polar surface area (TPSA) is 71.2 Å². The zero-order valence-electron chi connectivity index (χ0n) is 10.0. The number of hydrogen-bond acceptors (Lipinski definition) is 4. The lowest BCUT2D eigenvalue weighted by molar-refractivity contribution is 0.0690. The summed E-state index contributed by atoms with van der Waals surface area (Å²) >= 11 is 0. The summed E-state index contributed by atoms with van der Waals surface area (Å²) in [6, 6.07) is 0. The average Bonchev–Trinajstić information content (AvgIpc) is 2.99. The SMILES string of the molecule is CCN(CCn1cc(C(=O)O)nn1)CC1CC1. The van der Waals surface area contributed by atoms with Gasteiger partial charge in [-0.15, -0.1) is 5.10 Å². The van der Waals surface area contributed by atoms with Crippen molar-refractivity contribution in [2.45, 2.75) is 26.3 Å². The van der Waals surface area contributed by atoms with E-state index in [9.17, 15) is 4.79 Å². The molecule has 2 rings (SSSR count). The zero-order valence-corrected chi connectivity index (χ0v) is 10.0. The predicted molar refractivity (Wildman–Crippen MR) is 61.8 cm³/mol. The molecule has 0 saturated heterocycles. The van der Waals surface area contributed by atoms with Crippen molar-refractivity contribution in [1.82, 2.24) is 19.9 Å². The molecular weight excluding hydrogens is 220 g/mol. The lowest BCUT2D eigenvalue weighted by Gasteiger charge is -2.19. The van der Waals surface area contributed by atoms with Crippen molar-refractivity contribution in [1.29, 1.82) is 0 Å². The number of rotatable bonds is 7. The fraction of sp³-hybridized carbons (Fsp3) is 0.727. The lowest BCUT2D eigenvalue weighted by atomic mass is 10.3. The summed E-state index contributed by atoms with van der Waals surface area (Å²) in [6.45, 7) is 5.91. The van der Waals surface area contributed by atoms with Crippen molar-refractivity contribution < 1.29 is 9.90 Å². The Morgan fingerprint density at radius 1 is 1.65 bits per heavy atom. The number of aromatic nitrogens is 3. The Bertz CT molecular complexity index is 387. The quantitative estimate of drug-likeness (QED) is 0.757. The van der Waals surface area contributed by atoms with Crippen molar-refractivity contribution in [2.75, 3.05) is 19.6 Å². The van der Waals surface area contributed by atoms with Crippen molar-refractivity contribution in [2.24, 2.45) is 5.92 Å². The molecule has 1 aliphatic carbocycles. The van der Waals surface area contributed by atoms with Crippen LogP contribution in [-0.2, 0) is 6.54 Å². The van der Waals surface area contributed by atoms with Gasteiger partial charge in [0.15, 0.2) is 5.69 Å². The molecule has 0 unspecified atom stereocenters. The first kappa shape index (κ1) is 12.0. The highest BCUT2D eigenvalue weighted by Crippen LogP contribution is 2.29. The standard InChI is InChI=1S/C11H18N4O2/c1-2-14(7-9-3-4-9)5-6-15-8-10(11(16)17)12-13-15/h8-9H,2-7H2,1H3,(H,16,17). The first-order chi connectivity index (χ1) is 8.19. The number of likely N-dealkylation sites (N-methyl/N-ethyl adjacent to an activating group) is 1. The van der Waals surface area contributed by atoms with Crippen LogP contribution in [0, 0.1) is 5.92 Å². The number of aromatic carboxylic acids is 1. The summed E-state index contributed by atoms with van der Waals surface area (Å²) in [5, 5.41) is 16.1. The van der Waals surface area contributed by atoms with Gasteiger partial charge in [-0.05, 0) is 25.3 Å². The minimum Gasteiger partial charge on any atom is -0.476 e. The predicted octanol–water partition coefficient (Wildman–Crippen LogP) is 0.708. The van der Waals surface area contributed by atoms with E-state index in [4.69, 9.17) is 5.11 Å². The van der Waals surface area contributed by atoms with Crippen molar-refractivity contribution >= 4 is 5.97 Å². The second kappa shape index (κ2) is 5.27. The first-order valence-electron chi connectivity index (χ1n) is 6.04. The summed E-state index contributed by atoms with van der Waals surface area (Å²) in [6.07, 6.45) is 4.18. The first-order valence-corrected chi connectivity index (χ1v) is 6.04. The van der Waals surface area contributed by atoms with Gasteiger partial charge in [0.1, 0.15) is 0 Å². The van der Waals surface area contributed by atoms with Gasteiger partial charge in [0.05, 0.1) is 12.7 Å². The van der Waals surface area contributed by atoms with E-state index < -0.39 is 5.97 Å². The Kier molecular flexibility index (Phi) is 3.73. The van der Waals surface area contributed by atoms with Crippen LogP contribution in [0.5, 0.6) is 0 Å². The van der Waals surface area contributed by atoms with Crippen LogP contribution in [-0.4, -0.2) is 50.6 Å². The van der Waals surface area contributed by atoms with Crippen LogP contribution in [0.4, 0.5) is 0 Å². The summed E-state index contributed by atoms with van der Waals surface area (Å²) in [5.41, 5.74) is 0.00948. The van der Waals surface area contributed by atoms with Gasteiger partial charge in [-0.25, -0.2) is 4.79 Å². The zero-order chi connectivity index (χ0) is 12.3. The van der Waals surface area contributed by atoms with E-state index in [0.717, 1.165) is 25.6 Å². The monoisotopic (exact) mass is 238 g/mol. The van der Waals surface area contributed by atoms with E-state index in [1.807, 2.05) is 0 Å². The number of carboxylic acid groups (broad SMARTS) is 1. The highest BCUT2D eigenvalue weighted by Gasteiger charge is 2.23. The maximum atomic E-state index is 10.6. The van der Waals surface area contributed by atoms with E-state index in [1.54, 1.807) is 4.68 Å². The molecule has 6 heteroatoms. The van der Waals surface area contributed by atoms with Crippen LogP contribution in [0.25, 0.3) is 0 Å². The fourth-order valence-electron chi connectivity index (χ4n) is 1.79. The number of carboxylic acids is 1. The number of carbonyl (C=O) groups is 1. The Balaban J connectivity index is 1.80. The van der Waals surface area contributed by atoms with Gasteiger partial charge in [0.2, 0.25) is 0 Å². The van der Waals surface area contributed by atoms with Gasteiger partial charge in [-0.2, -0.15) is 0 Å². The molecule has 17 heavy (non-hydrogen) atoms. The maximum Gasteiger partial charge on any atom is 0.358 e. The highest BCUT2D eigenvalue weighted by atomic mass is 16.4. The molecule has 1 aromatic heterocycles. The summed E-state index contributed by atoms with van der Waals surface area (Å²) in [4.78, 5) is 13.0. The summed E-state index contributed by atoms with van der Waals surface area (Å²) in [7, 11) is 0. The fourth-order valence-corrected chi connectivity index (χ4v) is 1.79. The molecule has 1 aromatic rings. The number of hydrogen-bond donors (Lipinski definition) is 1. The lowest BCUT2D eigenvalue weighted by Crippen LogP contribution is -2.29. The van der Waals surface area contributed by atoms with Crippen LogP contribution in [0.15, 0.2) is 6.20 Å². The van der Waals surface area contributed by atoms with Gasteiger partial charge in [0, 0.05) is 13.1 Å². The molecular formula is C11H18N4O2. The van der Waals surface area contributed by atoms with Gasteiger partial charge in [-0.1, -0.05) is 12.1 Å². The molecule has 1 heterocycles. The average molecular weight is 238 g/mol. The minimum absolute atomic E-state index is 0.00948. The molecule has 0 aromatic carbocycles. The molecule has 1 N–H and O–H groups in total. The minimum atomic E-state index is -1.03. The van der Waals surface area contributed by atoms with Gasteiger partial charge >= 0.3 is 5.97 Å². The van der Waals surface area contributed by atoms with Crippen LogP contribution >= 0.6 is 0 Å². The Hall–Kier alpha value is -1.43. The molecule has 0 bridgehead atoms. The van der Waals surface area contributed by atoms with E-state index in [2.05, 4.69) is 22.1 Å². The van der Waals surface area contributed by atoms with Gasteiger partial charge < -0.3 is 10.0 Å². The molecule has 1 aliphatic rings. The van der Waals surface area contributed by atoms with E-state index >= 15 is 0 Å². The molecule has 1 saturated carbocycles. The van der Waals surface area contributed by atoms with Crippen molar-refractivity contribution in [3.05, 3.63) is 11.9 Å². The molecule has 1 fully saturated rings. The van der Waals surface area contributed by atoms with E-state index in [-0.39, 0.29) is 5.69 Å². The molecule has 0 atom stereocenters. The van der Waals surface area contributed by atoms with Gasteiger partial charge in [0.25, 0.3) is 0 Å². The Morgan fingerprint density at radius 3 is 2.94 bits per heavy atom. The summed E-state index contributed by atoms with van der Waals surface area (Å²) in [5.74, 6) is -0.151. The normalized spacial score (nSPS) is 15.4. The molecule has 0 amide bonds. The second-order valence-corrected chi connectivity index (χ2v) is 4.51. The molecule has 94 valence electrons. The third kappa shape index (κ3) is 3.52.